The maximum atomic E-state index is 11.4. The third-order valence-electron chi connectivity index (χ3n) is 5.59. The van der Waals surface area contributed by atoms with Gasteiger partial charge in [0.25, 0.3) is 0 Å². The fourth-order valence-corrected chi connectivity index (χ4v) is 4.35. The van der Waals surface area contributed by atoms with Gasteiger partial charge in [-0.15, -0.1) is 12.4 Å². The molecule has 0 fully saturated rings. The van der Waals surface area contributed by atoms with Crippen LogP contribution in [0.3, 0.4) is 0 Å². The molecule has 0 aliphatic heterocycles. The molecule has 9 nitrogen and oxygen atoms in total. The first kappa shape index (κ1) is 30.0. The minimum atomic E-state index is -3.57. The lowest BCUT2D eigenvalue weighted by molar-refractivity contribution is 0.103. The average molecular weight is 553 g/mol. The summed E-state index contributed by atoms with van der Waals surface area (Å²) in [4.78, 5) is 0. The molecule has 0 amide bonds. The topological polar surface area (TPSA) is 148 Å². The molecule has 2 atom stereocenters. The van der Waals surface area contributed by atoms with E-state index < -0.39 is 16.1 Å². The molecule has 0 saturated carbocycles. The van der Waals surface area contributed by atoms with Crippen LogP contribution >= 0.6 is 12.4 Å². The lowest BCUT2D eigenvalue weighted by Gasteiger charge is -2.24. The number of halogens is 1. The lowest BCUT2D eigenvalue weighted by Crippen LogP contribution is -2.37. The number of hydrogen-bond donors (Lipinski definition) is 6. The number of rotatable bonds is 12. The molecule has 37 heavy (non-hydrogen) atoms. The van der Waals surface area contributed by atoms with Gasteiger partial charge < -0.3 is 30.5 Å². The molecule has 1 unspecified atom stereocenters. The third-order valence-corrected chi connectivity index (χ3v) is 6.18. The first-order valence-corrected chi connectivity index (χ1v) is 13.3. The highest BCUT2D eigenvalue weighted by Gasteiger charge is 2.19. The van der Waals surface area contributed by atoms with Gasteiger partial charge in [0.1, 0.15) is 35.7 Å². The summed E-state index contributed by atoms with van der Waals surface area (Å²) >= 11 is 0. The molecule has 0 aromatic heterocycles. The van der Waals surface area contributed by atoms with Crippen molar-refractivity contribution in [2.24, 2.45) is 0 Å². The summed E-state index contributed by atoms with van der Waals surface area (Å²) in [6, 6.07) is 18.2. The van der Waals surface area contributed by atoms with Crippen molar-refractivity contribution in [3.63, 3.8) is 0 Å². The molecular formula is C26H33ClN2O7S. The Morgan fingerprint density at radius 3 is 1.95 bits per heavy atom. The van der Waals surface area contributed by atoms with E-state index in [4.69, 9.17) is 4.74 Å². The molecule has 0 aliphatic rings. The smallest absolute Gasteiger partial charge is 0.229 e. The Balaban J connectivity index is 0.00000481. The van der Waals surface area contributed by atoms with Crippen molar-refractivity contribution in [1.82, 2.24) is 5.32 Å². The second-order valence-electron chi connectivity index (χ2n) is 8.80. The zero-order valence-corrected chi connectivity index (χ0v) is 22.2. The monoisotopic (exact) mass is 552 g/mol. The van der Waals surface area contributed by atoms with Gasteiger partial charge in [0, 0.05) is 24.6 Å². The van der Waals surface area contributed by atoms with Crippen molar-refractivity contribution in [1.29, 1.82) is 0 Å². The molecule has 0 bridgehead atoms. The number of benzene rings is 3. The number of hydrogen-bond acceptors (Lipinski definition) is 8. The van der Waals surface area contributed by atoms with E-state index in [1.807, 2.05) is 31.2 Å². The van der Waals surface area contributed by atoms with Crippen LogP contribution in [0.5, 0.6) is 23.0 Å². The Hall–Kier alpha value is -3.18. The minimum absolute atomic E-state index is 0. The summed E-state index contributed by atoms with van der Waals surface area (Å²) in [5.74, 6) is 0.432. The predicted octanol–water partition coefficient (Wildman–Crippen LogP) is 3.54. The summed E-state index contributed by atoms with van der Waals surface area (Å²) in [7, 11) is -3.57. The number of aromatic hydroxyl groups is 3. The normalized spacial score (nSPS) is 13.0. The van der Waals surface area contributed by atoms with E-state index in [2.05, 4.69) is 10.0 Å². The van der Waals surface area contributed by atoms with E-state index in [1.165, 1.54) is 18.2 Å². The highest BCUT2D eigenvalue weighted by atomic mass is 35.5. The van der Waals surface area contributed by atoms with Crippen LogP contribution in [0.1, 0.15) is 30.4 Å². The standard InChI is InChI=1S/C26H32N2O7S.ClH/c1-17(13-24(18-3-7-20(29)8-4-18)19-5-9-21(30)10-6-19)27-15-22(31)16-35-23-11-12-26(32)25(14-23)28-36(2,33)34;/h3-12,14,17,22,24,27-32H,13,15-16H2,1-2H3;1H/t17?,22-;/m0./s1. The zero-order valence-electron chi connectivity index (χ0n) is 20.5. The van der Waals surface area contributed by atoms with Crippen molar-refractivity contribution in [3.8, 4) is 23.0 Å². The third kappa shape index (κ3) is 9.66. The Morgan fingerprint density at radius 1 is 0.892 bits per heavy atom. The predicted molar refractivity (Wildman–Crippen MR) is 145 cm³/mol. The molecule has 0 radical (unpaired) electrons. The molecule has 0 heterocycles. The van der Waals surface area contributed by atoms with Crippen molar-refractivity contribution >= 4 is 28.1 Å². The van der Waals surface area contributed by atoms with Crippen LogP contribution in [0.25, 0.3) is 0 Å². The zero-order chi connectivity index (χ0) is 26.3. The molecular weight excluding hydrogens is 520 g/mol. The van der Waals surface area contributed by atoms with Crippen LogP contribution in [-0.4, -0.2) is 60.4 Å². The van der Waals surface area contributed by atoms with E-state index in [0.29, 0.717) is 12.2 Å². The van der Waals surface area contributed by atoms with Crippen LogP contribution in [0, 0.1) is 0 Å². The van der Waals surface area contributed by atoms with Crippen molar-refractivity contribution in [2.45, 2.75) is 31.4 Å². The van der Waals surface area contributed by atoms with E-state index in [-0.39, 0.29) is 60.5 Å². The van der Waals surface area contributed by atoms with Gasteiger partial charge in [-0.1, -0.05) is 24.3 Å². The molecule has 3 rings (SSSR count). The number of aliphatic hydroxyl groups excluding tert-OH is 1. The molecule has 3 aromatic rings. The van der Waals surface area contributed by atoms with Gasteiger partial charge in [-0.2, -0.15) is 0 Å². The Labute approximate surface area is 223 Å². The highest BCUT2D eigenvalue weighted by molar-refractivity contribution is 7.92. The van der Waals surface area contributed by atoms with E-state index >= 15 is 0 Å². The van der Waals surface area contributed by atoms with E-state index in [0.717, 1.165) is 17.4 Å². The summed E-state index contributed by atoms with van der Waals surface area (Å²) in [5, 5.41) is 42.8. The summed E-state index contributed by atoms with van der Waals surface area (Å²) in [6.07, 6.45) is 0.833. The largest absolute Gasteiger partial charge is 0.508 e. The summed E-state index contributed by atoms with van der Waals surface area (Å²) < 4.78 is 30.6. The Morgan fingerprint density at radius 2 is 1.43 bits per heavy atom. The fourth-order valence-electron chi connectivity index (χ4n) is 3.79. The average Bonchev–Trinajstić information content (AvgIpc) is 2.82. The quantitative estimate of drug-likeness (QED) is 0.187. The van der Waals surface area contributed by atoms with Crippen molar-refractivity contribution in [3.05, 3.63) is 77.9 Å². The fraction of sp³-hybridized carbons (Fsp3) is 0.308. The number of anilines is 1. The number of sulfonamides is 1. The number of phenolic OH excluding ortho intramolecular Hbond substituents is 3. The van der Waals surface area contributed by atoms with Crippen LogP contribution in [-0.2, 0) is 10.0 Å². The van der Waals surface area contributed by atoms with E-state index in [9.17, 15) is 28.8 Å². The van der Waals surface area contributed by atoms with Gasteiger partial charge in [-0.05, 0) is 60.9 Å². The summed E-state index contributed by atoms with van der Waals surface area (Å²) in [6.45, 7) is 2.22. The maximum absolute atomic E-state index is 11.4. The number of ether oxygens (including phenoxy) is 1. The molecule has 0 saturated heterocycles. The highest BCUT2D eigenvalue weighted by Crippen LogP contribution is 2.31. The van der Waals surface area contributed by atoms with Crippen molar-refractivity contribution < 1.29 is 33.6 Å². The van der Waals surface area contributed by atoms with E-state index in [1.54, 1.807) is 24.3 Å². The lowest BCUT2D eigenvalue weighted by atomic mass is 9.86. The number of phenols is 3. The molecule has 0 spiro atoms. The SMILES string of the molecule is CC(CC(c1ccc(O)cc1)c1ccc(O)cc1)NC[C@H](O)COc1ccc(O)c(NS(C)(=O)=O)c1.Cl. The van der Waals surface area contributed by atoms with Gasteiger partial charge in [0.05, 0.1) is 11.9 Å². The number of aliphatic hydroxyl groups is 1. The van der Waals surface area contributed by atoms with Crippen LogP contribution in [0.15, 0.2) is 66.7 Å². The minimum Gasteiger partial charge on any atom is -0.508 e. The molecule has 202 valence electrons. The first-order chi connectivity index (χ1) is 17.0. The first-order valence-electron chi connectivity index (χ1n) is 11.4. The molecule has 11 heteroatoms. The van der Waals surface area contributed by atoms with Crippen LogP contribution in [0.2, 0.25) is 0 Å². The van der Waals surface area contributed by atoms with Crippen LogP contribution in [0.4, 0.5) is 5.69 Å². The van der Waals surface area contributed by atoms with Gasteiger partial charge in [-0.3, -0.25) is 4.72 Å². The van der Waals surface area contributed by atoms with Crippen LogP contribution < -0.4 is 14.8 Å². The van der Waals surface area contributed by atoms with Gasteiger partial charge in [-0.25, -0.2) is 8.42 Å². The van der Waals surface area contributed by atoms with Crippen molar-refractivity contribution in [2.75, 3.05) is 24.1 Å². The second-order valence-corrected chi connectivity index (χ2v) is 10.5. The molecule has 3 aromatic carbocycles. The number of nitrogens with one attached hydrogen (secondary N) is 2. The van der Waals surface area contributed by atoms with Gasteiger partial charge in [0.15, 0.2) is 0 Å². The maximum Gasteiger partial charge on any atom is 0.229 e. The van der Waals surface area contributed by atoms with Gasteiger partial charge >= 0.3 is 0 Å². The van der Waals surface area contributed by atoms with Gasteiger partial charge in [0.2, 0.25) is 10.0 Å². The molecule has 0 aliphatic carbocycles. The summed E-state index contributed by atoms with van der Waals surface area (Å²) in [5.41, 5.74) is 2.02. The second kappa shape index (κ2) is 13.4. The Bertz CT molecular complexity index is 1190. The molecule has 6 N–H and O–H groups in total. The Kier molecular flexibility index (Phi) is 10.9.